The van der Waals surface area contributed by atoms with Gasteiger partial charge in [0.2, 0.25) is 0 Å². The van der Waals surface area contributed by atoms with E-state index < -0.39 is 0 Å². The molecule has 0 aliphatic carbocycles. The Balaban J connectivity index is 2.44. The Morgan fingerprint density at radius 2 is 2.24 bits per heavy atom. The zero-order valence-electron chi connectivity index (χ0n) is 10.6. The molecule has 0 radical (unpaired) electrons. The molecule has 2 rings (SSSR count). The van der Waals surface area contributed by atoms with Crippen LogP contribution in [0, 0.1) is 6.92 Å². The Morgan fingerprint density at radius 3 is 2.82 bits per heavy atom. The summed E-state index contributed by atoms with van der Waals surface area (Å²) >= 11 is 1.86. The van der Waals surface area contributed by atoms with Crippen molar-refractivity contribution in [3.8, 4) is 5.82 Å². The molecule has 5 nitrogen and oxygen atoms in total. The largest absolute Gasteiger partial charge is 0.251 e. The Bertz CT molecular complexity index is 502. The van der Waals surface area contributed by atoms with Gasteiger partial charge in [-0.2, -0.15) is 21.5 Å². The SMILES string of the molecule is CCSC(C)c1nc(C)nn1-c1ccnn1C. The van der Waals surface area contributed by atoms with Crippen LogP contribution in [0.3, 0.4) is 0 Å². The number of nitrogens with zero attached hydrogens (tertiary/aromatic N) is 5. The van der Waals surface area contributed by atoms with Gasteiger partial charge in [-0.15, -0.1) is 5.10 Å². The molecule has 2 aromatic heterocycles. The molecule has 0 N–H and O–H groups in total. The molecule has 2 heterocycles. The van der Waals surface area contributed by atoms with E-state index in [1.807, 2.05) is 36.5 Å². The zero-order valence-corrected chi connectivity index (χ0v) is 11.4. The second-order valence-electron chi connectivity index (χ2n) is 3.84. The predicted molar refractivity (Wildman–Crippen MR) is 69.4 cm³/mol. The molecule has 17 heavy (non-hydrogen) atoms. The van der Waals surface area contributed by atoms with Gasteiger partial charge >= 0.3 is 0 Å². The van der Waals surface area contributed by atoms with Gasteiger partial charge in [0.15, 0.2) is 5.82 Å². The maximum Gasteiger partial charge on any atom is 0.153 e. The van der Waals surface area contributed by atoms with Gasteiger partial charge < -0.3 is 0 Å². The Hall–Kier alpha value is -1.30. The third-order valence-corrected chi connectivity index (χ3v) is 3.57. The van der Waals surface area contributed by atoms with E-state index in [1.165, 1.54) is 0 Å². The van der Waals surface area contributed by atoms with Crippen LogP contribution in [0.15, 0.2) is 12.3 Å². The summed E-state index contributed by atoms with van der Waals surface area (Å²) < 4.78 is 3.69. The number of hydrogen-bond donors (Lipinski definition) is 0. The lowest BCUT2D eigenvalue weighted by atomic mass is 10.4. The highest BCUT2D eigenvalue weighted by Crippen LogP contribution is 2.27. The van der Waals surface area contributed by atoms with Crippen molar-refractivity contribution in [2.24, 2.45) is 7.05 Å². The van der Waals surface area contributed by atoms with Gasteiger partial charge in [0, 0.05) is 13.1 Å². The normalized spacial score (nSPS) is 12.9. The van der Waals surface area contributed by atoms with Gasteiger partial charge in [0.1, 0.15) is 11.6 Å². The first-order valence-corrected chi connectivity index (χ1v) is 6.72. The molecular formula is C11H17N5S. The Morgan fingerprint density at radius 1 is 1.47 bits per heavy atom. The van der Waals surface area contributed by atoms with Crippen molar-refractivity contribution in [1.82, 2.24) is 24.5 Å². The molecule has 1 unspecified atom stereocenters. The van der Waals surface area contributed by atoms with Crippen LogP contribution in [0.2, 0.25) is 0 Å². The van der Waals surface area contributed by atoms with E-state index >= 15 is 0 Å². The minimum atomic E-state index is 0.330. The number of thioether (sulfide) groups is 1. The van der Waals surface area contributed by atoms with Crippen molar-refractivity contribution < 1.29 is 0 Å². The standard InChI is InChI=1S/C11H17N5S/c1-5-17-8(2)11-13-9(3)14-16(11)10-6-7-12-15(10)4/h6-8H,5H2,1-4H3. The van der Waals surface area contributed by atoms with Gasteiger partial charge in [-0.25, -0.2) is 4.98 Å². The number of hydrogen-bond acceptors (Lipinski definition) is 4. The molecule has 2 aromatic rings. The number of aromatic nitrogens is 5. The molecule has 92 valence electrons. The summed E-state index contributed by atoms with van der Waals surface area (Å²) in [5.74, 6) is 3.80. The van der Waals surface area contributed by atoms with E-state index in [1.54, 1.807) is 10.9 Å². The first kappa shape index (κ1) is 12.2. The van der Waals surface area contributed by atoms with Crippen molar-refractivity contribution in [2.45, 2.75) is 26.0 Å². The molecule has 0 amide bonds. The van der Waals surface area contributed by atoms with Crippen LogP contribution < -0.4 is 0 Å². The molecular weight excluding hydrogens is 234 g/mol. The number of rotatable bonds is 4. The van der Waals surface area contributed by atoms with Gasteiger partial charge in [-0.1, -0.05) is 6.92 Å². The summed E-state index contributed by atoms with van der Waals surface area (Å²) in [6.45, 7) is 6.23. The average Bonchev–Trinajstić information content (AvgIpc) is 2.84. The van der Waals surface area contributed by atoms with Crippen LogP contribution in [0.5, 0.6) is 0 Å². The lowest BCUT2D eigenvalue weighted by Crippen LogP contribution is -2.09. The van der Waals surface area contributed by atoms with Crippen LogP contribution in [0.25, 0.3) is 5.82 Å². The van der Waals surface area contributed by atoms with Crippen molar-refractivity contribution in [2.75, 3.05) is 5.75 Å². The highest BCUT2D eigenvalue weighted by molar-refractivity contribution is 7.99. The molecule has 0 fully saturated rings. The fourth-order valence-electron chi connectivity index (χ4n) is 1.76. The third kappa shape index (κ3) is 2.36. The molecule has 0 spiro atoms. The van der Waals surface area contributed by atoms with Crippen molar-refractivity contribution in [3.05, 3.63) is 23.9 Å². The van der Waals surface area contributed by atoms with Crippen LogP contribution in [0.1, 0.15) is 30.7 Å². The van der Waals surface area contributed by atoms with Crippen LogP contribution >= 0.6 is 11.8 Å². The number of aryl methyl sites for hydroxylation is 2. The highest BCUT2D eigenvalue weighted by Gasteiger charge is 2.17. The van der Waals surface area contributed by atoms with Gasteiger partial charge in [0.05, 0.1) is 11.4 Å². The van der Waals surface area contributed by atoms with Crippen molar-refractivity contribution in [1.29, 1.82) is 0 Å². The molecule has 0 bridgehead atoms. The lowest BCUT2D eigenvalue weighted by Gasteiger charge is -2.11. The second kappa shape index (κ2) is 4.91. The van der Waals surface area contributed by atoms with Crippen LogP contribution in [-0.2, 0) is 7.05 Å². The second-order valence-corrected chi connectivity index (χ2v) is 5.46. The Labute approximate surface area is 105 Å². The van der Waals surface area contributed by atoms with E-state index in [2.05, 4.69) is 29.0 Å². The molecule has 0 aliphatic heterocycles. The molecule has 0 aliphatic rings. The van der Waals surface area contributed by atoms with E-state index in [0.717, 1.165) is 23.2 Å². The minimum Gasteiger partial charge on any atom is -0.251 e. The Kier molecular flexibility index (Phi) is 3.51. The fraction of sp³-hybridized carbons (Fsp3) is 0.545. The summed E-state index contributed by atoms with van der Waals surface area (Å²) in [5.41, 5.74) is 0. The molecule has 0 saturated heterocycles. The summed E-state index contributed by atoms with van der Waals surface area (Å²) in [6, 6.07) is 1.95. The molecule has 6 heteroatoms. The summed E-state index contributed by atoms with van der Waals surface area (Å²) in [7, 11) is 1.91. The van der Waals surface area contributed by atoms with Gasteiger partial charge in [-0.05, 0) is 19.6 Å². The summed E-state index contributed by atoms with van der Waals surface area (Å²) in [6.07, 6.45) is 1.77. The smallest absolute Gasteiger partial charge is 0.153 e. The monoisotopic (exact) mass is 251 g/mol. The first-order chi connectivity index (χ1) is 8.13. The van der Waals surface area contributed by atoms with E-state index in [9.17, 15) is 0 Å². The van der Waals surface area contributed by atoms with Crippen LogP contribution in [-0.4, -0.2) is 30.3 Å². The average molecular weight is 251 g/mol. The third-order valence-electron chi connectivity index (χ3n) is 2.53. The summed E-state index contributed by atoms with van der Waals surface area (Å²) in [4.78, 5) is 4.52. The molecule has 0 saturated carbocycles. The zero-order chi connectivity index (χ0) is 12.4. The lowest BCUT2D eigenvalue weighted by molar-refractivity contribution is 0.674. The molecule has 1 atom stereocenters. The van der Waals surface area contributed by atoms with Gasteiger partial charge in [0.25, 0.3) is 0 Å². The highest BCUT2D eigenvalue weighted by atomic mass is 32.2. The topological polar surface area (TPSA) is 48.5 Å². The van der Waals surface area contributed by atoms with E-state index in [4.69, 9.17) is 0 Å². The van der Waals surface area contributed by atoms with E-state index in [-0.39, 0.29) is 0 Å². The maximum atomic E-state index is 4.52. The first-order valence-electron chi connectivity index (χ1n) is 5.67. The van der Waals surface area contributed by atoms with Gasteiger partial charge in [-0.3, -0.25) is 4.68 Å². The van der Waals surface area contributed by atoms with Crippen molar-refractivity contribution >= 4 is 11.8 Å². The maximum absolute atomic E-state index is 4.52. The summed E-state index contributed by atoms with van der Waals surface area (Å²) in [5, 5.41) is 8.95. The minimum absolute atomic E-state index is 0.330. The quantitative estimate of drug-likeness (QED) is 0.835. The van der Waals surface area contributed by atoms with E-state index in [0.29, 0.717) is 5.25 Å². The van der Waals surface area contributed by atoms with Crippen LogP contribution in [0.4, 0.5) is 0 Å². The fourth-order valence-corrected chi connectivity index (χ4v) is 2.56. The predicted octanol–water partition coefficient (Wildman–Crippen LogP) is 2.12. The van der Waals surface area contributed by atoms with Crippen molar-refractivity contribution in [3.63, 3.8) is 0 Å². The molecule has 0 aromatic carbocycles.